The van der Waals surface area contributed by atoms with Gasteiger partial charge in [0.15, 0.2) is 0 Å². The van der Waals surface area contributed by atoms with Gasteiger partial charge in [0.25, 0.3) is 0 Å². The highest BCUT2D eigenvalue weighted by Gasteiger charge is 2.29. The molecule has 0 saturated heterocycles. The molecule has 0 aliphatic heterocycles. The molecule has 1 aromatic heterocycles. The fourth-order valence-electron chi connectivity index (χ4n) is 3.13. The minimum atomic E-state index is 0.440. The highest BCUT2D eigenvalue weighted by Crippen LogP contribution is 2.37. The zero-order valence-corrected chi connectivity index (χ0v) is 13.0. The van der Waals surface area contributed by atoms with Crippen LogP contribution in [0.25, 0.3) is 0 Å². The van der Waals surface area contributed by atoms with Crippen LogP contribution in [0.2, 0.25) is 0 Å². The summed E-state index contributed by atoms with van der Waals surface area (Å²) in [5.41, 5.74) is 6.47. The predicted molar refractivity (Wildman–Crippen MR) is 84.6 cm³/mol. The third-order valence-electron chi connectivity index (χ3n) is 4.54. The van der Waals surface area contributed by atoms with Gasteiger partial charge >= 0.3 is 0 Å². The van der Waals surface area contributed by atoms with E-state index in [-0.39, 0.29) is 0 Å². The van der Waals surface area contributed by atoms with E-state index in [2.05, 4.69) is 24.4 Å². The molecule has 1 aromatic rings. The molecule has 1 fully saturated rings. The van der Waals surface area contributed by atoms with Crippen molar-refractivity contribution >= 4 is 11.3 Å². The highest BCUT2D eigenvalue weighted by molar-refractivity contribution is 7.11. The molecule has 0 atom stereocenters. The maximum Gasteiger partial charge on any atom is 0.0299 e. The second kappa shape index (κ2) is 7.41. The molecule has 1 heterocycles. The number of hydrogen-bond donors (Lipinski definition) is 2. The van der Waals surface area contributed by atoms with E-state index < -0.39 is 0 Å². The lowest BCUT2D eigenvalue weighted by Gasteiger charge is -2.36. The number of rotatable bonds is 7. The van der Waals surface area contributed by atoms with Gasteiger partial charge in [-0.25, -0.2) is 0 Å². The van der Waals surface area contributed by atoms with E-state index in [0.29, 0.717) is 5.41 Å². The van der Waals surface area contributed by atoms with Gasteiger partial charge in [-0.15, -0.1) is 11.3 Å². The number of hydrogen-bond acceptors (Lipinski definition) is 3. The normalized spacial score (nSPS) is 18.6. The van der Waals surface area contributed by atoms with Crippen LogP contribution in [0.5, 0.6) is 0 Å². The van der Waals surface area contributed by atoms with Gasteiger partial charge in [-0.1, -0.05) is 26.2 Å². The fourth-order valence-corrected chi connectivity index (χ4v) is 4.06. The summed E-state index contributed by atoms with van der Waals surface area (Å²) in [7, 11) is 0. The van der Waals surface area contributed by atoms with E-state index in [0.717, 1.165) is 26.1 Å². The lowest BCUT2D eigenvalue weighted by molar-refractivity contribution is 0.181. The molecule has 0 amide bonds. The Labute approximate surface area is 121 Å². The number of nitrogens with one attached hydrogen (secondary N) is 1. The van der Waals surface area contributed by atoms with E-state index in [4.69, 9.17) is 5.73 Å². The van der Waals surface area contributed by atoms with Gasteiger partial charge < -0.3 is 11.1 Å². The summed E-state index contributed by atoms with van der Waals surface area (Å²) in [6, 6.07) is 4.51. The van der Waals surface area contributed by atoms with Crippen molar-refractivity contribution in [1.82, 2.24) is 5.32 Å². The molecule has 19 heavy (non-hydrogen) atoms. The quantitative estimate of drug-likeness (QED) is 0.747. The standard InChI is InChI=1S/C16H28N2S/c1-2-14-6-7-15(19-14)12-18-11-10-16(13-17)8-4-3-5-9-16/h6-7,18H,2-5,8-13,17H2,1H3. The molecule has 0 bridgehead atoms. The molecular weight excluding hydrogens is 252 g/mol. The van der Waals surface area contributed by atoms with Crippen LogP contribution in [0.15, 0.2) is 12.1 Å². The summed E-state index contributed by atoms with van der Waals surface area (Å²) in [4.78, 5) is 2.95. The second-order valence-corrected chi connectivity index (χ2v) is 7.17. The molecule has 3 heteroatoms. The van der Waals surface area contributed by atoms with Crippen LogP contribution >= 0.6 is 11.3 Å². The smallest absolute Gasteiger partial charge is 0.0299 e. The monoisotopic (exact) mass is 280 g/mol. The first-order valence-corrected chi connectivity index (χ1v) is 8.58. The van der Waals surface area contributed by atoms with Gasteiger partial charge in [-0.2, -0.15) is 0 Å². The lowest BCUT2D eigenvalue weighted by atomic mass is 9.72. The van der Waals surface area contributed by atoms with Crippen LogP contribution in [0.1, 0.15) is 55.2 Å². The lowest BCUT2D eigenvalue weighted by Crippen LogP contribution is -2.35. The SMILES string of the molecule is CCc1ccc(CNCCC2(CN)CCCCC2)s1. The van der Waals surface area contributed by atoms with Gasteiger partial charge in [0.2, 0.25) is 0 Å². The van der Waals surface area contributed by atoms with Crippen LogP contribution in [0.4, 0.5) is 0 Å². The van der Waals surface area contributed by atoms with Crippen molar-refractivity contribution in [3.05, 3.63) is 21.9 Å². The minimum absolute atomic E-state index is 0.440. The van der Waals surface area contributed by atoms with Crippen LogP contribution in [-0.2, 0) is 13.0 Å². The van der Waals surface area contributed by atoms with Crippen molar-refractivity contribution in [1.29, 1.82) is 0 Å². The van der Waals surface area contributed by atoms with Crippen molar-refractivity contribution in [2.24, 2.45) is 11.1 Å². The van der Waals surface area contributed by atoms with E-state index >= 15 is 0 Å². The van der Waals surface area contributed by atoms with E-state index in [9.17, 15) is 0 Å². The van der Waals surface area contributed by atoms with Crippen molar-refractivity contribution in [2.45, 2.75) is 58.4 Å². The van der Waals surface area contributed by atoms with Crippen molar-refractivity contribution in [2.75, 3.05) is 13.1 Å². The van der Waals surface area contributed by atoms with Gasteiger partial charge in [0.1, 0.15) is 0 Å². The maximum absolute atomic E-state index is 6.03. The maximum atomic E-state index is 6.03. The van der Waals surface area contributed by atoms with E-state index in [1.165, 1.54) is 48.3 Å². The first-order valence-electron chi connectivity index (χ1n) is 7.76. The van der Waals surface area contributed by atoms with Crippen LogP contribution in [-0.4, -0.2) is 13.1 Å². The molecule has 1 saturated carbocycles. The fraction of sp³-hybridized carbons (Fsp3) is 0.750. The third kappa shape index (κ3) is 4.30. The Morgan fingerprint density at radius 1 is 1.21 bits per heavy atom. The molecule has 0 spiro atoms. The Morgan fingerprint density at radius 3 is 2.58 bits per heavy atom. The van der Waals surface area contributed by atoms with Crippen molar-refractivity contribution in [3.8, 4) is 0 Å². The Morgan fingerprint density at radius 2 is 1.95 bits per heavy atom. The average molecular weight is 280 g/mol. The molecular formula is C16H28N2S. The van der Waals surface area contributed by atoms with Gasteiger partial charge in [0, 0.05) is 16.3 Å². The summed E-state index contributed by atoms with van der Waals surface area (Å²) >= 11 is 1.94. The first kappa shape index (κ1) is 15.0. The summed E-state index contributed by atoms with van der Waals surface area (Å²) in [6.45, 7) is 5.21. The van der Waals surface area contributed by atoms with Crippen molar-refractivity contribution in [3.63, 3.8) is 0 Å². The molecule has 2 rings (SSSR count). The number of thiophene rings is 1. The summed E-state index contributed by atoms with van der Waals surface area (Å²) in [6.07, 6.45) is 9.24. The largest absolute Gasteiger partial charge is 0.330 e. The first-order chi connectivity index (χ1) is 9.28. The molecule has 0 unspecified atom stereocenters. The van der Waals surface area contributed by atoms with Gasteiger partial charge in [-0.05, 0) is 56.3 Å². The average Bonchev–Trinajstić information content (AvgIpc) is 2.93. The number of aryl methyl sites for hydroxylation is 1. The molecule has 3 N–H and O–H groups in total. The zero-order chi connectivity index (χ0) is 13.6. The van der Waals surface area contributed by atoms with Crippen LogP contribution in [0.3, 0.4) is 0 Å². The Hall–Kier alpha value is -0.380. The molecule has 0 radical (unpaired) electrons. The Bertz CT molecular complexity index is 367. The molecule has 1 aliphatic rings. The van der Waals surface area contributed by atoms with E-state index in [1.54, 1.807) is 0 Å². The summed E-state index contributed by atoms with van der Waals surface area (Å²) in [5.74, 6) is 0. The Kier molecular flexibility index (Phi) is 5.86. The molecule has 1 aliphatic carbocycles. The van der Waals surface area contributed by atoms with Crippen molar-refractivity contribution < 1.29 is 0 Å². The molecule has 2 nitrogen and oxygen atoms in total. The summed E-state index contributed by atoms with van der Waals surface area (Å²) in [5, 5.41) is 3.60. The third-order valence-corrected chi connectivity index (χ3v) is 5.77. The van der Waals surface area contributed by atoms with Gasteiger partial charge in [0.05, 0.1) is 0 Å². The minimum Gasteiger partial charge on any atom is -0.330 e. The van der Waals surface area contributed by atoms with Gasteiger partial charge in [-0.3, -0.25) is 0 Å². The number of nitrogens with two attached hydrogens (primary N) is 1. The Balaban J connectivity index is 1.70. The molecule has 0 aromatic carbocycles. The van der Waals surface area contributed by atoms with Crippen LogP contribution < -0.4 is 11.1 Å². The topological polar surface area (TPSA) is 38.0 Å². The predicted octanol–water partition coefficient (Wildman–Crippen LogP) is 3.70. The molecule has 108 valence electrons. The zero-order valence-electron chi connectivity index (χ0n) is 12.2. The highest BCUT2D eigenvalue weighted by atomic mass is 32.1. The second-order valence-electron chi connectivity index (χ2n) is 5.91. The van der Waals surface area contributed by atoms with Crippen LogP contribution in [0, 0.1) is 5.41 Å². The van der Waals surface area contributed by atoms with E-state index in [1.807, 2.05) is 11.3 Å². The summed E-state index contributed by atoms with van der Waals surface area (Å²) < 4.78 is 0.